The third kappa shape index (κ3) is 1.67. The number of ether oxygens (including phenoxy) is 1. The molecule has 0 aliphatic heterocycles. The molecule has 0 saturated carbocycles. The first kappa shape index (κ1) is 9.69. The lowest BCUT2D eigenvalue weighted by Crippen LogP contribution is -1.93. The van der Waals surface area contributed by atoms with Gasteiger partial charge >= 0.3 is 0 Å². The fraction of sp³-hybridized carbons (Fsp3) is 0.333. The molecule has 0 aliphatic carbocycles. The van der Waals surface area contributed by atoms with Crippen LogP contribution in [0.5, 0.6) is 5.75 Å². The van der Waals surface area contributed by atoms with Crippen molar-refractivity contribution in [2.75, 3.05) is 7.11 Å². The van der Waals surface area contributed by atoms with E-state index in [4.69, 9.17) is 27.9 Å². The van der Waals surface area contributed by atoms with Gasteiger partial charge in [-0.2, -0.15) is 0 Å². The van der Waals surface area contributed by atoms with E-state index in [0.29, 0.717) is 10.9 Å². The number of rotatable bonds is 2. The molecule has 1 nitrogen and oxygen atoms in total. The number of benzene rings is 1. The van der Waals surface area contributed by atoms with Crippen LogP contribution in [0.2, 0.25) is 5.02 Å². The molecule has 0 atom stereocenters. The molecule has 0 fully saturated rings. The van der Waals surface area contributed by atoms with Gasteiger partial charge in [-0.05, 0) is 13.0 Å². The maximum Gasteiger partial charge on any atom is 0.127 e. The van der Waals surface area contributed by atoms with E-state index in [1.807, 2.05) is 19.1 Å². The van der Waals surface area contributed by atoms with Crippen molar-refractivity contribution in [2.45, 2.75) is 12.8 Å². The number of methoxy groups -OCH3 is 1. The van der Waals surface area contributed by atoms with E-state index in [0.717, 1.165) is 16.9 Å². The molecule has 0 heterocycles. The maximum atomic E-state index is 5.90. The minimum atomic E-state index is 0.446. The highest BCUT2D eigenvalue weighted by Gasteiger charge is 2.07. The second-order valence-electron chi connectivity index (χ2n) is 2.50. The van der Waals surface area contributed by atoms with Gasteiger partial charge in [0.2, 0.25) is 0 Å². The number of alkyl halides is 1. The molecule has 1 aromatic rings. The summed E-state index contributed by atoms with van der Waals surface area (Å²) in [6, 6.07) is 3.71. The van der Waals surface area contributed by atoms with Crippen molar-refractivity contribution in [1.29, 1.82) is 0 Å². The van der Waals surface area contributed by atoms with E-state index in [1.165, 1.54) is 0 Å². The molecule has 0 saturated heterocycles. The molecule has 66 valence electrons. The first-order valence-electron chi connectivity index (χ1n) is 3.58. The molecule has 12 heavy (non-hydrogen) atoms. The van der Waals surface area contributed by atoms with Crippen LogP contribution in [0.25, 0.3) is 0 Å². The minimum Gasteiger partial charge on any atom is -0.496 e. The van der Waals surface area contributed by atoms with Crippen molar-refractivity contribution in [1.82, 2.24) is 0 Å². The normalized spacial score (nSPS) is 10.0. The predicted octanol–water partition coefficient (Wildman–Crippen LogP) is 3.40. The summed E-state index contributed by atoms with van der Waals surface area (Å²) in [4.78, 5) is 0. The number of hydrogen-bond donors (Lipinski definition) is 0. The Kier molecular flexibility index (Phi) is 3.24. The summed E-state index contributed by atoms with van der Waals surface area (Å²) in [6.45, 7) is 1.91. The van der Waals surface area contributed by atoms with Crippen LogP contribution < -0.4 is 4.74 Å². The second kappa shape index (κ2) is 4.01. The zero-order chi connectivity index (χ0) is 9.14. The molecule has 0 bridgehead atoms. The lowest BCUT2D eigenvalue weighted by Gasteiger charge is -2.09. The van der Waals surface area contributed by atoms with Crippen molar-refractivity contribution in [3.05, 3.63) is 28.3 Å². The second-order valence-corrected chi connectivity index (χ2v) is 3.17. The summed E-state index contributed by atoms with van der Waals surface area (Å²) in [5, 5.41) is 0.709. The lowest BCUT2D eigenvalue weighted by atomic mass is 10.1. The van der Waals surface area contributed by atoms with Crippen LogP contribution in [-0.2, 0) is 5.88 Å². The van der Waals surface area contributed by atoms with Gasteiger partial charge in [-0.3, -0.25) is 0 Å². The molecule has 3 heteroatoms. The molecule has 0 aliphatic rings. The molecule has 0 amide bonds. The van der Waals surface area contributed by atoms with Crippen molar-refractivity contribution in [3.63, 3.8) is 0 Å². The van der Waals surface area contributed by atoms with Crippen LogP contribution in [0.3, 0.4) is 0 Å². The summed E-state index contributed by atoms with van der Waals surface area (Å²) in [5.41, 5.74) is 1.92. The zero-order valence-corrected chi connectivity index (χ0v) is 8.54. The van der Waals surface area contributed by atoms with E-state index in [-0.39, 0.29) is 0 Å². The van der Waals surface area contributed by atoms with Gasteiger partial charge in [-0.15, -0.1) is 11.6 Å². The van der Waals surface area contributed by atoms with Gasteiger partial charge in [0.05, 0.1) is 13.0 Å². The van der Waals surface area contributed by atoms with E-state index in [1.54, 1.807) is 7.11 Å². The van der Waals surface area contributed by atoms with Crippen molar-refractivity contribution < 1.29 is 4.74 Å². The van der Waals surface area contributed by atoms with E-state index in [2.05, 4.69) is 0 Å². The standard InChI is InChI=1S/C9H10Cl2O/c1-6-8(11)4-3-7(5-10)9(6)12-2/h3-4H,5H2,1-2H3. The van der Waals surface area contributed by atoms with Crippen molar-refractivity contribution in [3.8, 4) is 5.75 Å². The molecule has 0 aromatic heterocycles. The van der Waals surface area contributed by atoms with E-state index < -0.39 is 0 Å². The maximum absolute atomic E-state index is 5.90. The molecule has 0 unspecified atom stereocenters. The van der Waals surface area contributed by atoms with E-state index >= 15 is 0 Å². The van der Waals surface area contributed by atoms with Gasteiger partial charge in [0.1, 0.15) is 5.75 Å². The fourth-order valence-electron chi connectivity index (χ4n) is 1.11. The average molecular weight is 205 g/mol. The summed E-state index contributed by atoms with van der Waals surface area (Å²) in [5.74, 6) is 1.23. The highest BCUT2D eigenvalue weighted by molar-refractivity contribution is 6.31. The topological polar surface area (TPSA) is 9.23 Å². The lowest BCUT2D eigenvalue weighted by molar-refractivity contribution is 0.408. The summed E-state index contributed by atoms with van der Waals surface area (Å²) in [6.07, 6.45) is 0. The summed E-state index contributed by atoms with van der Waals surface area (Å²) >= 11 is 11.6. The van der Waals surface area contributed by atoms with Gasteiger partial charge in [-0.1, -0.05) is 17.7 Å². The van der Waals surface area contributed by atoms with E-state index in [9.17, 15) is 0 Å². The predicted molar refractivity (Wildman–Crippen MR) is 52.3 cm³/mol. The highest BCUT2D eigenvalue weighted by Crippen LogP contribution is 2.30. The molecular formula is C9H10Cl2O. The largest absolute Gasteiger partial charge is 0.496 e. The Labute approximate surface area is 82.2 Å². The Bertz CT molecular complexity index is 284. The SMILES string of the molecule is COc1c(CCl)ccc(Cl)c1C. The molecule has 0 radical (unpaired) electrons. The number of hydrogen-bond acceptors (Lipinski definition) is 1. The molecule has 0 spiro atoms. The first-order valence-corrected chi connectivity index (χ1v) is 4.50. The smallest absolute Gasteiger partial charge is 0.127 e. The van der Waals surface area contributed by atoms with Gasteiger partial charge < -0.3 is 4.74 Å². The average Bonchev–Trinajstić information content (AvgIpc) is 2.09. The van der Waals surface area contributed by atoms with Gasteiger partial charge in [0.25, 0.3) is 0 Å². The van der Waals surface area contributed by atoms with Crippen LogP contribution in [-0.4, -0.2) is 7.11 Å². The Morgan fingerprint density at radius 1 is 1.42 bits per heavy atom. The highest BCUT2D eigenvalue weighted by atomic mass is 35.5. The number of halogens is 2. The minimum absolute atomic E-state index is 0.446. The zero-order valence-electron chi connectivity index (χ0n) is 7.03. The molecule has 0 N–H and O–H groups in total. The van der Waals surface area contributed by atoms with Crippen LogP contribution in [0, 0.1) is 6.92 Å². The molecular weight excluding hydrogens is 195 g/mol. The Hall–Kier alpha value is -0.400. The fourth-order valence-corrected chi connectivity index (χ4v) is 1.47. The summed E-state index contributed by atoms with van der Waals surface area (Å²) < 4.78 is 5.18. The van der Waals surface area contributed by atoms with Gasteiger partial charge in [0.15, 0.2) is 0 Å². The van der Waals surface area contributed by atoms with Crippen molar-refractivity contribution in [2.24, 2.45) is 0 Å². The van der Waals surface area contributed by atoms with Crippen LogP contribution in [0.4, 0.5) is 0 Å². The Morgan fingerprint density at radius 2 is 2.08 bits per heavy atom. The third-order valence-corrected chi connectivity index (χ3v) is 2.47. The van der Waals surface area contributed by atoms with Crippen molar-refractivity contribution >= 4 is 23.2 Å². The van der Waals surface area contributed by atoms with Gasteiger partial charge in [0, 0.05) is 16.1 Å². The van der Waals surface area contributed by atoms with Gasteiger partial charge in [-0.25, -0.2) is 0 Å². The quantitative estimate of drug-likeness (QED) is 0.672. The van der Waals surface area contributed by atoms with Crippen LogP contribution in [0.1, 0.15) is 11.1 Å². The molecule has 1 aromatic carbocycles. The monoisotopic (exact) mass is 204 g/mol. The first-order chi connectivity index (χ1) is 5.70. The summed E-state index contributed by atoms with van der Waals surface area (Å²) in [7, 11) is 1.62. The Morgan fingerprint density at radius 3 is 2.58 bits per heavy atom. The molecule has 1 rings (SSSR count). The third-order valence-electron chi connectivity index (χ3n) is 1.77. The van der Waals surface area contributed by atoms with Crippen LogP contribution >= 0.6 is 23.2 Å². The Balaban J connectivity index is 3.25. The van der Waals surface area contributed by atoms with Crippen LogP contribution in [0.15, 0.2) is 12.1 Å².